The zero-order chi connectivity index (χ0) is 12.6. The van der Waals surface area contributed by atoms with E-state index in [1.54, 1.807) is 18.3 Å². The van der Waals surface area contributed by atoms with Gasteiger partial charge in [0.1, 0.15) is 6.04 Å². The van der Waals surface area contributed by atoms with Gasteiger partial charge in [-0.2, -0.15) is 0 Å². The smallest absolute Gasteiger partial charge is 0.320 e. The van der Waals surface area contributed by atoms with Crippen LogP contribution in [0.1, 0.15) is 5.56 Å². The molecule has 1 heterocycles. The maximum atomic E-state index is 10.7. The van der Waals surface area contributed by atoms with Crippen LogP contribution >= 0.6 is 23.2 Å². The Balaban J connectivity index is 2.45. The molecule has 0 aliphatic carbocycles. The Morgan fingerprint density at radius 3 is 2.82 bits per heavy atom. The van der Waals surface area contributed by atoms with Crippen LogP contribution in [-0.4, -0.2) is 22.1 Å². The highest BCUT2D eigenvalue weighted by molar-refractivity contribution is 6.38. The van der Waals surface area contributed by atoms with Crippen molar-refractivity contribution in [3.63, 3.8) is 0 Å². The lowest BCUT2D eigenvalue weighted by Gasteiger charge is -2.05. The highest BCUT2D eigenvalue weighted by Crippen LogP contribution is 2.29. The molecule has 0 radical (unpaired) electrons. The van der Waals surface area contributed by atoms with E-state index in [2.05, 4.69) is 4.98 Å². The number of H-pyrrole nitrogens is 1. The molecule has 0 spiro atoms. The first-order valence-electron chi connectivity index (χ1n) is 4.92. The van der Waals surface area contributed by atoms with Crippen molar-refractivity contribution in [2.24, 2.45) is 5.73 Å². The van der Waals surface area contributed by atoms with Gasteiger partial charge in [0.2, 0.25) is 0 Å². The molecule has 0 unspecified atom stereocenters. The molecule has 0 amide bonds. The molecular formula is C11H10Cl2N2O2. The second-order valence-electron chi connectivity index (χ2n) is 3.77. The molecule has 0 saturated carbocycles. The molecule has 0 fully saturated rings. The molecule has 4 nitrogen and oxygen atoms in total. The van der Waals surface area contributed by atoms with Crippen LogP contribution in [0.4, 0.5) is 0 Å². The number of hydrogen-bond donors (Lipinski definition) is 3. The van der Waals surface area contributed by atoms with Gasteiger partial charge < -0.3 is 15.8 Å². The number of hydrogen-bond acceptors (Lipinski definition) is 2. The number of fused-ring (bicyclic) bond motifs is 1. The van der Waals surface area contributed by atoms with Crippen molar-refractivity contribution < 1.29 is 9.90 Å². The Kier molecular flexibility index (Phi) is 3.28. The average Bonchev–Trinajstić information content (AvgIpc) is 2.61. The van der Waals surface area contributed by atoms with Gasteiger partial charge in [-0.25, -0.2) is 0 Å². The summed E-state index contributed by atoms with van der Waals surface area (Å²) >= 11 is 11.9. The van der Waals surface area contributed by atoms with E-state index in [1.807, 2.05) is 0 Å². The summed E-state index contributed by atoms with van der Waals surface area (Å²) in [5.41, 5.74) is 7.03. The van der Waals surface area contributed by atoms with Crippen molar-refractivity contribution in [1.29, 1.82) is 0 Å². The summed E-state index contributed by atoms with van der Waals surface area (Å²) in [5.74, 6) is -1.03. The van der Waals surface area contributed by atoms with E-state index in [-0.39, 0.29) is 6.42 Å². The summed E-state index contributed by atoms with van der Waals surface area (Å²) in [7, 11) is 0. The second kappa shape index (κ2) is 4.56. The first-order valence-corrected chi connectivity index (χ1v) is 5.68. The van der Waals surface area contributed by atoms with Crippen LogP contribution in [0.5, 0.6) is 0 Å². The monoisotopic (exact) mass is 272 g/mol. The molecule has 2 rings (SSSR count). The van der Waals surface area contributed by atoms with Crippen molar-refractivity contribution in [2.75, 3.05) is 0 Å². The zero-order valence-corrected chi connectivity index (χ0v) is 10.2. The van der Waals surface area contributed by atoms with E-state index in [4.69, 9.17) is 34.0 Å². The first-order chi connectivity index (χ1) is 7.99. The predicted octanol–water partition coefficient (Wildman–Crippen LogP) is 2.43. The molecule has 0 aliphatic heterocycles. The number of halogens is 2. The largest absolute Gasteiger partial charge is 0.480 e. The van der Waals surface area contributed by atoms with Gasteiger partial charge in [0, 0.05) is 23.0 Å². The third-order valence-corrected chi connectivity index (χ3v) is 3.07. The van der Waals surface area contributed by atoms with Crippen molar-refractivity contribution in [3.8, 4) is 0 Å². The Hall–Kier alpha value is -1.23. The SMILES string of the molecule is N[C@@H](Cc1c[nH]c2c(Cl)cc(Cl)cc12)C(=O)O. The lowest BCUT2D eigenvalue weighted by molar-refractivity contribution is -0.138. The molecular weight excluding hydrogens is 263 g/mol. The van der Waals surface area contributed by atoms with E-state index >= 15 is 0 Å². The quantitative estimate of drug-likeness (QED) is 0.803. The van der Waals surface area contributed by atoms with Crippen LogP contribution in [-0.2, 0) is 11.2 Å². The number of rotatable bonds is 3. The van der Waals surface area contributed by atoms with Gasteiger partial charge >= 0.3 is 5.97 Å². The van der Waals surface area contributed by atoms with Gasteiger partial charge in [-0.3, -0.25) is 4.79 Å². The molecule has 0 bridgehead atoms. The minimum atomic E-state index is -1.03. The van der Waals surface area contributed by atoms with Gasteiger partial charge in [-0.1, -0.05) is 23.2 Å². The number of aromatic nitrogens is 1. The van der Waals surface area contributed by atoms with E-state index < -0.39 is 12.0 Å². The van der Waals surface area contributed by atoms with E-state index in [0.717, 1.165) is 16.5 Å². The highest BCUT2D eigenvalue weighted by Gasteiger charge is 2.16. The Morgan fingerprint density at radius 1 is 1.47 bits per heavy atom. The minimum absolute atomic E-state index is 0.228. The Labute approximate surface area is 107 Å². The molecule has 90 valence electrons. The predicted molar refractivity (Wildman–Crippen MR) is 67.6 cm³/mol. The number of nitrogens with one attached hydrogen (secondary N) is 1. The molecule has 1 aromatic carbocycles. The van der Waals surface area contributed by atoms with Crippen LogP contribution in [0, 0.1) is 0 Å². The van der Waals surface area contributed by atoms with Gasteiger partial charge in [-0.15, -0.1) is 0 Å². The fourth-order valence-corrected chi connectivity index (χ4v) is 2.25. The molecule has 1 aromatic heterocycles. The summed E-state index contributed by atoms with van der Waals surface area (Å²) < 4.78 is 0. The third-order valence-electron chi connectivity index (χ3n) is 2.55. The fourth-order valence-electron chi connectivity index (χ4n) is 1.70. The number of carboxylic acids is 1. The molecule has 0 saturated heterocycles. The van der Waals surface area contributed by atoms with Crippen molar-refractivity contribution in [1.82, 2.24) is 4.98 Å². The van der Waals surface area contributed by atoms with Gasteiger partial charge in [0.25, 0.3) is 0 Å². The summed E-state index contributed by atoms with van der Waals surface area (Å²) in [5, 5.41) is 10.6. The van der Waals surface area contributed by atoms with Crippen molar-refractivity contribution >= 4 is 40.1 Å². The molecule has 2 aromatic rings. The number of aliphatic carboxylic acids is 1. The topological polar surface area (TPSA) is 79.1 Å². The molecule has 4 N–H and O–H groups in total. The van der Waals surface area contributed by atoms with E-state index in [1.165, 1.54) is 0 Å². The summed E-state index contributed by atoms with van der Waals surface area (Å²) in [6, 6.07) is 2.43. The minimum Gasteiger partial charge on any atom is -0.480 e. The lowest BCUT2D eigenvalue weighted by Crippen LogP contribution is -2.32. The normalized spacial score (nSPS) is 12.9. The van der Waals surface area contributed by atoms with E-state index in [9.17, 15) is 4.79 Å². The van der Waals surface area contributed by atoms with Crippen molar-refractivity contribution in [3.05, 3.63) is 33.9 Å². The summed E-state index contributed by atoms with van der Waals surface area (Å²) in [6.07, 6.45) is 1.93. The van der Waals surface area contributed by atoms with E-state index in [0.29, 0.717) is 10.0 Å². The van der Waals surface area contributed by atoms with Gasteiger partial charge in [-0.05, 0) is 17.7 Å². The summed E-state index contributed by atoms with van der Waals surface area (Å²) in [4.78, 5) is 13.7. The van der Waals surface area contributed by atoms with Gasteiger partial charge in [0.05, 0.1) is 10.5 Å². The number of carboxylic acid groups (broad SMARTS) is 1. The molecule has 0 aliphatic rings. The summed E-state index contributed by atoms with van der Waals surface area (Å²) in [6.45, 7) is 0. The van der Waals surface area contributed by atoms with Crippen LogP contribution < -0.4 is 5.73 Å². The molecule has 1 atom stereocenters. The second-order valence-corrected chi connectivity index (χ2v) is 4.62. The average molecular weight is 273 g/mol. The van der Waals surface area contributed by atoms with Gasteiger partial charge in [0.15, 0.2) is 0 Å². The van der Waals surface area contributed by atoms with Crippen LogP contribution in [0.3, 0.4) is 0 Å². The van der Waals surface area contributed by atoms with Crippen LogP contribution in [0.15, 0.2) is 18.3 Å². The van der Waals surface area contributed by atoms with Crippen LogP contribution in [0.25, 0.3) is 10.9 Å². The number of nitrogens with two attached hydrogens (primary N) is 1. The first kappa shape index (κ1) is 12.2. The maximum Gasteiger partial charge on any atom is 0.320 e. The highest BCUT2D eigenvalue weighted by atomic mass is 35.5. The molecule has 17 heavy (non-hydrogen) atoms. The number of carbonyl (C=O) groups is 1. The zero-order valence-electron chi connectivity index (χ0n) is 8.71. The lowest BCUT2D eigenvalue weighted by atomic mass is 10.1. The fraction of sp³-hybridized carbons (Fsp3) is 0.182. The number of aromatic amines is 1. The third kappa shape index (κ3) is 2.39. The Bertz CT molecular complexity index is 580. The Morgan fingerprint density at radius 2 is 2.18 bits per heavy atom. The standard InChI is InChI=1S/C11H10Cl2N2O2/c12-6-2-7-5(1-9(14)11(16)17)4-15-10(7)8(13)3-6/h2-4,9,15H,1,14H2,(H,16,17)/t9-/m0/s1. The number of benzene rings is 1. The maximum absolute atomic E-state index is 10.7. The van der Waals surface area contributed by atoms with Crippen LogP contribution in [0.2, 0.25) is 10.0 Å². The molecule has 6 heteroatoms. The van der Waals surface area contributed by atoms with Crippen molar-refractivity contribution in [2.45, 2.75) is 12.5 Å².